The number of fused-ring (bicyclic) bond motifs is 2. The number of aromatic nitrogens is 1. The van der Waals surface area contributed by atoms with E-state index >= 15 is 0 Å². The van der Waals surface area contributed by atoms with E-state index in [0.29, 0.717) is 27.4 Å². The Morgan fingerprint density at radius 2 is 1.46 bits per heavy atom. The summed E-state index contributed by atoms with van der Waals surface area (Å²) >= 11 is 0. The predicted octanol–water partition coefficient (Wildman–Crippen LogP) is 2.44. The van der Waals surface area contributed by atoms with Crippen LogP contribution in [0.3, 0.4) is 0 Å². The number of hydrogen-bond donors (Lipinski definition) is 3. The Morgan fingerprint density at radius 1 is 0.923 bits per heavy atom. The smallest absolute Gasteiger partial charge is 0.326 e. The van der Waals surface area contributed by atoms with E-state index in [0.717, 1.165) is 0 Å². The van der Waals surface area contributed by atoms with Crippen LogP contribution in [0, 0.1) is 0 Å². The molecule has 3 aromatic rings. The largest absolute Gasteiger partial charge is 0.481 e. The molecule has 1 aromatic heterocycles. The van der Waals surface area contributed by atoms with Gasteiger partial charge in [0, 0.05) is 17.2 Å². The van der Waals surface area contributed by atoms with Crippen LogP contribution < -0.4 is 5.32 Å². The molecule has 1 amide bonds. The van der Waals surface area contributed by atoms with Crippen molar-refractivity contribution in [3.63, 3.8) is 0 Å². The lowest BCUT2D eigenvalue weighted by Crippen LogP contribution is -2.41. The molecule has 0 aliphatic carbocycles. The number of aliphatic carboxylic acids is 2. The van der Waals surface area contributed by atoms with Gasteiger partial charge >= 0.3 is 11.9 Å². The van der Waals surface area contributed by atoms with Crippen LogP contribution in [0.25, 0.3) is 21.8 Å². The van der Waals surface area contributed by atoms with Crippen LogP contribution in [0.4, 0.5) is 0 Å². The van der Waals surface area contributed by atoms with Gasteiger partial charge in [0.2, 0.25) is 0 Å². The Kier molecular flexibility index (Phi) is 4.79. The van der Waals surface area contributed by atoms with Gasteiger partial charge in [0.1, 0.15) is 6.04 Å². The first-order chi connectivity index (χ1) is 12.5. The lowest BCUT2D eigenvalue weighted by Gasteiger charge is -2.16. The van der Waals surface area contributed by atoms with Crippen molar-refractivity contribution < 1.29 is 24.6 Å². The minimum Gasteiger partial charge on any atom is -0.481 e. The first-order valence-corrected chi connectivity index (χ1v) is 8.00. The number of carbonyl (C=O) groups is 3. The first kappa shape index (κ1) is 17.3. The maximum Gasteiger partial charge on any atom is 0.326 e. The zero-order valence-corrected chi connectivity index (χ0v) is 13.7. The van der Waals surface area contributed by atoms with Crippen molar-refractivity contribution in [2.45, 2.75) is 18.9 Å². The second kappa shape index (κ2) is 7.18. The maximum absolute atomic E-state index is 12.9. The lowest BCUT2D eigenvalue weighted by atomic mass is 10.0. The summed E-state index contributed by atoms with van der Waals surface area (Å²) in [5, 5.41) is 21.7. The Labute approximate surface area is 148 Å². The third-order valence-electron chi connectivity index (χ3n) is 4.07. The summed E-state index contributed by atoms with van der Waals surface area (Å²) in [6.07, 6.45) is -0.549. The monoisotopic (exact) mass is 352 g/mol. The van der Waals surface area contributed by atoms with Gasteiger partial charge in [-0.05, 0) is 18.6 Å². The van der Waals surface area contributed by atoms with Crippen LogP contribution in [0.2, 0.25) is 0 Å². The number of hydrogen-bond acceptors (Lipinski definition) is 4. The van der Waals surface area contributed by atoms with E-state index in [4.69, 9.17) is 5.11 Å². The van der Waals surface area contributed by atoms with E-state index in [9.17, 15) is 19.5 Å². The standard InChI is InChI=1S/C19H16N2O5/c22-16(23)10-9-15(19(25)26)21-18(24)17-11-5-1-3-7-13(11)20-14-8-4-2-6-12(14)17/h1-8,15H,9-10H2,(H,21,24)(H,22,23)(H,25,26)/t15-/m1/s1. The molecule has 0 spiro atoms. The van der Waals surface area contributed by atoms with Crippen molar-refractivity contribution in [1.82, 2.24) is 10.3 Å². The topological polar surface area (TPSA) is 117 Å². The van der Waals surface area contributed by atoms with Gasteiger partial charge in [-0.15, -0.1) is 0 Å². The summed E-state index contributed by atoms with van der Waals surface area (Å²) in [4.78, 5) is 39.5. The normalized spacial score (nSPS) is 12.0. The SMILES string of the molecule is O=C(O)CC[C@@H](NC(=O)c1c2ccccc2nc2ccccc12)C(=O)O. The van der Waals surface area contributed by atoms with Gasteiger partial charge in [-0.3, -0.25) is 9.59 Å². The molecule has 1 heterocycles. The fourth-order valence-electron chi connectivity index (χ4n) is 2.84. The molecule has 0 radical (unpaired) electrons. The number of nitrogens with zero attached hydrogens (tertiary/aromatic N) is 1. The van der Waals surface area contributed by atoms with Gasteiger partial charge in [0.05, 0.1) is 16.6 Å². The third-order valence-corrected chi connectivity index (χ3v) is 4.07. The second-order valence-electron chi connectivity index (χ2n) is 5.82. The molecule has 7 heteroatoms. The van der Waals surface area contributed by atoms with Gasteiger partial charge in [-0.25, -0.2) is 9.78 Å². The quantitative estimate of drug-likeness (QED) is 0.587. The number of carbonyl (C=O) groups excluding carboxylic acids is 1. The average Bonchev–Trinajstić information content (AvgIpc) is 2.62. The predicted molar refractivity (Wildman–Crippen MR) is 95.0 cm³/mol. The zero-order chi connectivity index (χ0) is 18.7. The van der Waals surface area contributed by atoms with E-state index in [1.54, 1.807) is 48.5 Å². The van der Waals surface area contributed by atoms with Crippen molar-refractivity contribution in [3.05, 3.63) is 54.1 Å². The number of amides is 1. The third kappa shape index (κ3) is 3.46. The summed E-state index contributed by atoms with van der Waals surface area (Å²) in [6.45, 7) is 0. The molecule has 2 aromatic carbocycles. The summed E-state index contributed by atoms with van der Waals surface area (Å²) in [5.74, 6) is -2.97. The van der Waals surface area contributed by atoms with Gasteiger partial charge in [0.15, 0.2) is 0 Å². The number of carboxylic acids is 2. The highest BCUT2D eigenvalue weighted by Gasteiger charge is 2.24. The van der Waals surface area contributed by atoms with E-state index in [2.05, 4.69) is 10.3 Å². The number of rotatable bonds is 6. The Hall–Kier alpha value is -3.48. The Bertz CT molecular complexity index is 961. The molecule has 0 bridgehead atoms. The van der Waals surface area contributed by atoms with Crippen molar-refractivity contribution >= 4 is 39.7 Å². The maximum atomic E-state index is 12.9. The number of nitrogens with one attached hydrogen (secondary N) is 1. The molecule has 7 nitrogen and oxygen atoms in total. The van der Waals surface area contributed by atoms with Gasteiger partial charge < -0.3 is 15.5 Å². The first-order valence-electron chi connectivity index (χ1n) is 8.00. The molecule has 26 heavy (non-hydrogen) atoms. The summed E-state index contributed by atoms with van der Waals surface area (Å²) in [7, 11) is 0. The number of benzene rings is 2. The Balaban J connectivity index is 2.05. The fourth-order valence-corrected chi connectivity index (χ4v) is 2.84. The summed E-state index contributed by atoms with van der Waals surface area (Å²) in [6, 6.07) is 12.9. The fraction of sp³-hybridized carbons (Fsp3) is 0.158. The van der Waals surface area contributed by atoms with E-state index in [1.807, 2.05) is 0 Å². The van der Waals surface area contributed by atoms with E-state index < -0.39 is 23.9 Å². The molecule has 0 aliphatic rings. The van der Waals surface area contributed by atoms with E-state index in [1.165, 1.54) is 0 Å². The molecule has 3 rings (SSSR count). The van der Waals surface area contributed by atoms with Crippen LogP contribution in [0.1, 0.15) is 23.2 Å². The van der Waals surface area contributed by atoms with Crippen LogP contribution in [0.15, 0.2) is 48.5 Å². The van der Waals surface area contributed by atoms with Crippen LogP contribution in [0.5, 0.6) is 0 Å². The van der Waals surface area contributed by atoms with Crippen molar-refractivity contribution in [3.8, 4) is 0 Å². The average molecular weight is 352 g/mol. The van der Waals surface area contributed by atoms with Crippen molar-refractivity contribution in [2.75, 3.05) is 0 Å². The minimum absolute atomic E-state index is 0.197. The number of para-hydroxylation sites is 2. The van der Waals surface area contributed by atoms with Gasteiger partial charge in [0.25, 0.3) is 5.91 Å². The second-order valence-corrected chi connectivity index (χ2v) is 5.82. The minimum atomic E-state index is -1.29. The Morgan fingerprint density at radius 3 is 1.96 bits per heavy atom. The highest BCUT2D eigenvalue weighted by molar-refractivity contribution is 6.16. The van der Waals surface area contributed by atoms with Crippen molar-refractivity contribution in [2.24, 2.45) is 0 Å². The molecule has 0 aliphatic heterocycles. The highest BCUT2D eigenvalue weighted by Crippen LogP contribution is 2.26. The molecule has 0 saturated carbocycles. The lowest BCUT2D eigenvalue weighted by molar-refractivity contribution is -0.140. The molecule has 1 atom stereocenters. The summed E-state index contributed by atoms with van der Waals surface area (Å²) in [5.41, 5.74) is 1.57. The molecule has 132 valence electrons. The van der Waals surface area contributed by atoms with Gasteiger partial charge in [-0.1, -0.05) is 36.4 Å². The van der Waals surface area contributed by atoms with Crippen molar-refractivity contribution in [1.29, 1.82) is 0 Å². The van der Waals surface area contributed by atoms with E-state index in [-0.39, 0.29) is 12.8 Å². The molecule has 0 unspecified atom stereocenters. The highest BCUT2D eigenvalue weighted by atomic mass is 16.4. The van der Waals surface area contributed by atoms with Crippen LogP contribution in [-0.4, -0.2) is 39.1 Å². The molecular formula is C19H16N2O5. The molecule has 3 N–H and O–H groups in total. The zero-order valence-electron chi connectivity index (χ0n) is 13.7. The van der Waals surface area contributed by atoms with Crippen LogP contribution in [-0.2, 0) is 9.59 Å². The molecule has 0 saturated heterocycles. The summed E-state index contributed by atoms with van der Waals surface area (Å²) < 4.78 is 0. The number of carboxylic acid groups (broad SMARTS) is 2. The molecular weight excluding hydrogens is 336 g/mol. The number of pyridine rings is 1. The molecule has 0 fully saturated rings. The van der Waals surface area contributed by atoms with Gasteiger partial charge in [-0.2, -0.15) is 0 Å². The van der Waals surface area contributed by atoms with Crippen LogP contribution >= 0.6 is 0 Å².